The minimum Gasteiger partial charge on any atom is -0.496 e. The average molecular weight is 302 g/mol. The van der Waals surface area contributed by atoms with Crippen LogP contribution in [0.4, 0.5) is 0 Å². The number of rotatable bonds is 4. The van der Waals surface area contributed by atoms with E-state index in [2.05, 4.69) is 23.5 Å². The van der Waals surface area contributed by atoms with Crippen molar-refractivity contribution in [3.63, 3.8) is 0 Å². The summed E-state index contributed by atoms with van der Waals surface area (Å²) in [7, 11) is 3.67. The Morgan fingerprint density at radius 1 is 1.10 bits per heavy atom. The van der Waals surface area contributed by atoms with Crippen LogP contribution < -0.4 is 10.1 Å². The summed E-state index contributed by atoms with van der Waals surface area (Å²) in [6.45, 7) is 0. The fourth-order valence-corrected chi connectivity index (χ4v) is 3.38. The summed E-state index contributed by atoms with van der Waals surface area (Å²) < 4.78 is 5.50. The van der Waals surface area contributed by atoms with Crippen LogP contribution in [-0.2, 0) is 12.8 Å². The third-order valence-electron chi connectivity index (χ3n) is 4.25. The van der Waals surface area contributed by atoms with E-state index in [1.165, 1.54) is 36.0 Å². The molecule has 0 saturated carbocycles. The van der Waals surface area contributed by atoms with Crippen LogP contribution in [0, 0.1) is 0 Å². The maximum atomic E-state index is 6.17. The van der Waals surface area contributed by atoms with E-state index in [-0.39, 0.29) is 6.04 Å². The summed E-state index contributed by atoms with van der Waals surface area (Å²) in [5, 5.41) is 4.12. The Bertz CT molecular complexity index is 654. The number of methoxy groups -OCH3 is 1. The number of ether oxygens (including phenoxy) is 1. The van der Waals surface area contributed by atoms with Crippen LogP contribution in [0.2, 0.25) is 5.02 Å². The highest BCUT2D eigenvalue weighted by molar-refractivity contribution is 6.30. The van der Waals surface area contributed by atoms with E-state index in [9.17, 15) is 0 Å². The van der Waals surface area contributed by atoms with Crippen LogP contribution >= 0.6 is 11.6 Å². The van der Waals surface area contributed by atoms with Gasteiger partial charge in [-0.2, -0.15) is 0 Å². The first-order valence-electron chi connectivity index (χ1n) is 7.35. The van der Waals surface area contributed by atoms with Gasteiger partial charge in [-0.3, -0.25) is 0 Å². The van der Waals surface area contributed by atoms with Crippen molar-refractivity contribution in [3.05, 3.63) is 63.7 Å². The highest BCUT2D eigenvalue weighted by Crippen LogP contribution is 2.34. The molecule has 1 atom stereocenters. The molecule has 0 radical (unpaired) electrons. The van der Waals surface area contributed by atoms with Gasteiger partial charge in [0.15, 0.2) is 0 Å². The standard InChI is InChI=1S/C18H20ClNO/c1-20-18(16-11-15(19)8-9-17(16)21-2)14-7-6-12-4-3-5-13(12)10-14/h6-11,18,20H,3-5H2,1-2H3. The van der Waals surface area contributed by atoms with E-state index in [0.717, 1.165) is 16.3 Å². The van der Waals surface area contributed by atoms with Gasteiger partial charge in [-0.05, 0) is 61.2 Å². The predicted octanol–water partition coefficient (Wildman–Crippen LogP) is 4.15. The molecule has 1 unspecified atom stereocenters. The first kappa shape index (κ1) is 14.4. The maximum absolute atomic E-state index is 6.17. The zero-order valence-corrected chi connectivity index (χ0v) is 13.2. The van der Waals surface area contributed by atoms with E-state index in [0.29, 0.717) is 0 Å². The van der Waals surface area contributed by atoms with Crippen molar-refractivity contribution in [2.24, 2.45) is 0 Å². The molecule has 21 heavy (non-hydrogen) atoms. The van der Waals surface area contributed by atoms with Gasteiger partial charge in [0.2, 0.25) is 0 Å². The maximum Gasteiger partial charge on any atom is 0.124 e. The summed E-state index contributed by atoms with van der Waals surface area (Å²) in [5.41, 5.74) is 5.31. The molecule has 3 heteroatoms. The van der Waals surface area contributed by atoms with E-state index >= 15 is 0 Å². The third-order valence-corrected chi connectivity index (χ3v) is 4.48. The van der Waals surface area contributed by atoms with E-state index in [1.54, 1.807) is 7.11 Å². The molecule has 3 rings (SSSR count). The minimum atomic E-state index is 0.0875. The highest BCUT2D eigenvalue weighted by Gasteiger charge is 2.19. The normalized spacial score (nSPS) is 14.8. The van der Waals surface area contributed by atoms with Gasteiger partial charge < -0.3 is 10.1 Å². The first-order chi connectivity index (χ1) is 10.2. The largest absolute Gasteiger partial charge is 0.496 e. The smallest absolute Gasteiger partial charge is 0.124 e. The highest BCUT2D eigenvalue weighted by atomic mass is 35.5. The quantitative estimate of drug-likeness (QED) is 0.916. The van der Waals surface area contributed by atoms with Gasteiger partial charge in [0.25, 0.3) is 0 Å². The molecule has 1 N–H and O–H groups in total. The van der Waals surface area contributed by atoms with Gasteiger partial charge in [0, 0.05) is 10.6 Å². The topological polar surface area (TPSA) is 21.3 Å². The Morgan fingerprint density at radius 3 is 2.67 bits per heavy atom. The number of aryl methyl sites for hydroxylation is 2. The SMILES string of the molecule is CNC(c1ccc2c(c1)CCC2)c1cc(Cl)ccc1OC. The summed E-state index contributed by atoms with van der Waals surface area (Å²) in [4.78, 5) is 0. The lowest BCUT2D eigenvalue weighted by atomic mass is 9.95. The second-order valence-electron chi connectivity index (χ2n) is 5.49. The van der Waals surface area contributed by atoms with Crippen molar-refractivity contribution in [1.82, 2.24) is 5.32 Å². The molecule has 0 spiro atoms. The summed E-state index contributed by atoms with van der Waals surface area (Å²) >= 11 is 6.17. The number of halogens is 1. The number of hydrogen-bond donors (Lipinski definition) is 1. The zero-order valence-electron chi connectivity index (χ0n) is 12.4. The molecular formula is C18H20ClNO. The lowest BCUT2D eigenvalue weighted by molar-refractivity contribution is 0.405. The van der Waals surface area contributed by atoms with Crippen molar-refractivity contribution < 1.29 is 4.74 Å². The van der Waals surface area contributed by atoms with Crippen molar-refractivity contribution in [2.75, 3.05) is 14.2 Å². The molecule has 2 aromatic rings. The average Bonchev–Trinajstić information content (AvgIpc) is 2.96. The fourth-order valence-electron chi connectivity index (χ4n) is 3.20. The Hall–Kier alpha value is -1.51. The molecule has 0 heterocycles. The second kappa shape index (κ2) is 6.08. The number of nitrogens with one attached hydrogen (secondary N) is 1. The van der Waals surface area contributed by atoms with Gasteiger partial charge in [-0.25, -0.2) is 0 Å². The fraction of sp³-hybridized carbons (Fsp3) is 0.333. The Balaban J connectivity index is 2.04. The van der Waals surface area contributed by atoms with Crippen LogP contribution in [0.5, 0.6) is 5.75 Å². The number of fused-ring (bicyclic) bond motifs is 1. The number of hydrogen-bond acceptors (Lipinski definition) is 2. The van der Waals surface area contributed by atoms with E-state index in [1.807, 2.05) is 25.2 Å². The van der Waals surface area contributed by atoms with Gasteiger partial charge in [-0.15, -0.1) is 0 Å². The van der Waals surface area contributed by atoms with Crippen LogP contribution in [-0.4, -0.2) is 14.2 Å². The molecule has 0 fully saturated rings. The van der Waals surface area contributed by atoms with E-state index < -0.39 is 0 Å². The van der Waals surface area contributed by atoms with Gasteiger partial charge >= 0.3 is 0 Å². The molecule has 0 amide bonds. The monoisotopic (exact) mass is 301 g/mol. The second-order valence-corrected chi connectivity index (χ2v) is 5.93. The molecule has 2 nitrogen and oxygen atoms in total. The molecule has 110 valence electrons. The van der Waals surface area contributed by atoms with Gasteiger partial charge in [0.05, 0.1) is 13.2 Å². The third kappa shape index (κ3) is 2.78. The predicted molar refractivity (Wildman–Crippen MR) is 87.4 cm³/mol. The lowest BCUT2D eigenvalue weighted by Crippen LogP contribution is -2.18. The first-order valence-corrected chi connectivity index (χ1v) is 7.73. The minimum absolute atomic E-state index is 0.0875. The zero-order chi connectivity index (χ0) is 14.8. The molecule has 1 aliphatic carbocycles. The molecule has 0 saturated heterocycles. The van der Waals surface area contributed by atoms with Crippen molar-refractivity contribution in [3.8, 4) is 5.75 Å². The van der Waals surface area contributed by atoms with Crippen LogP contribution in [0.15, 0.2) is 36.4 Å². The van der Waals surface area contributed by atoms with Crippen molar-refractivity contribution in [1.29, 1.82) is 0 Å². The Labute approximate surface area is 131 Å². The summed E-state index contributed by atoms with van der Waals surface area (Å²) in [6, 6.07) is 12.7. The van der Waals surface area contributed by atoms with Crippen molar-refractivity contribution >= 4 is 11.6 Å². The molecule has 0 bridgehead atoms. The van der Waals surface area contributed by atoms with Crippen molar-refractivity contribution in [2.45, 2.75) is 25.3 Å². The molecule has 0 aliphatic heterocycles. The Morgan fingerprint density at radius 2 is 1.90 bits per heavy atom. The van der Waals surface area contributed by atoms with Gasteiger partial charge in [-0.1, -0.05) is 29.8 Å². The van der Waals surface area contributed by atoms with Crippen LogP contribution in [0.1, 0.15) is 34.7 Å². The molecule has 1 aliphatic rings. The molecule has 2 aromatic carbocycles. The van der Waals surface area contributed by atoms with Gasteiger partial charge in [0.1, 0.15) is 5.75 Å². The lowest BCUT2D eigenvalue weighted by Gasteiger charge is -2.21. The summed E-state index contributed by atoms with van der Waals surface area (Å²) in [6.07, 6.45) is 3.66. The number of benzene rings is 2. The Kier molecular flexibility index (Phi) is 4.18. The van der Waals surface area contributed by atoms with E-state index in [4.69, 9.17) is 16.3 Å². The van der Waals surface area contributed by atoms with Crippen LogP contribution in [0.3, 0.4) is 0 Å². The van der Waals surface area contributed by atoms with Crippen LogP contribution in [0.25, 0.3) is 0 Å². The molecule has 0 aromatic heterocycles. The molecular weight excluding hydrogens is 282 g/mol. The summed E-state index contributed by atoms with van der Waals surface area (Å²) in [5.74, 6) is 0.860.